The van der Waals surface area contributed by atoms with Crippen molar-refractivity contribution in [2.24, 2.45) is 4.99 Å². The predicted molar refractivity (Wildman–Crippen MR) is 104 cm³/mol. The molecule has 1 aromatic carbocycles. The van der Waals surface area contributed by atoms with Gasteiger partial charge in [0.15, 0.2) is 5.96 Å². The molecule has 0 spiro atoms. The molecule has 0 bridgehead atoms. The maximum Gasteiger partial charge on any atom is 0.191 e. The molecule has 2 N–H and O–H groups in total. The van der Waals surface area contributed by atoms with Crippen LogP contribution in [0.2, 0.25) is 0 Å². The second-order valence-corrected chi connectivity index (χ2v) is 7.20. The van der Waals surface area contributed by atoms with Gasteiger partial charge in [-0.1, -0.05) is 24.3 Å². The highest BCUT2D eigenvalue weighted by atomic mass is 32.1. The lowest BCUT2D eigenvalue weighted by molar-refractivity contribution is 0.683. The van der Waals surface area contributed by atoms with Gasteiger partial charge in [0, 0.05) is 37.6 Å². The Morgan fingerprint density at radius 3 is 2.88 bits per heavy atom. The molecule has 26 heavy (non-hydrogen) atoms. The fraction of sp³-hybridized carbons (Fsp3) is 0.333. The van der Waals surface area contributed by atoms with Crippen molar-refractivity contribution in [1.82, 2.24) is 30.4 Å². The van der Waals surface area contributed by atoms with Crippen LogP contribution in [0.4, 0.5) is 0 Å². The summed E-state index contributed by atoms with van der Waals surface area (Å²) in [6.07, 6.45) is 6.08. The van der Waals surface area contributed by atoms with Crippen LogP contribution in [0.5, 0.6) is 0 Å². The summed E-state index contributed by atoms with van der Waals surface area (Å²) in [4.78, 5) is 13.9. The van der Waals surface area contributed by atoms with Crippen LogP contribution in [0, 0.1) is 6.92 Å². The molecule has 2 aromatic heterocycles. The minimum atomic E-state index is 0.710. The van der Waals surface area contributed by atoms with Gasteiger partial charge in [-0.2, -0.15) is 5.10 Å². The third-order valence-electron chi connectivity index (χ3n) is 3.79. The van der Waals surface area contributed by atoms with Crippen molar-refractivity contribution in [3.05, 3.63) is 64.1 Å². The molecule has 0 aliphatic carbocycles. The quantitative estimate of drug-likeness (QED) is 0.492. The predicted octanol–water partition coefficient (Wildman–Crippen LogP) is 2.00. The van der Waals surface area contributed by atoms with E-state index in [0.717, 1.165) is 23.9 Å². The first-order valence-corrected chi connectivity index (χ1v) is 9.30. The van der Waals surface area contributed by atoms with E-state index < -0.39 is 0 Å². The number of rotatable bonds is 7. The molecule has 0 aliphatic heterocycles. The molecule has 3 aromatic rings. The molecule has 2 heterocycles. The Morgan fingerprint density at radius 2 is 2.15 bits per heavy atom. The van der Waals surface area contributed by atoms with Gasteiger partial charge in [-0.15, -0.1) is 11.3 Å². The van der Waals surface area contributed by atoms with Gasteiger partial charge >= 0.3 is 0 Å². The smallest absolute Gasteiger partial charge is 0.191 e. The van der Waals surface area contributed by atoms with Crippen molar-refractivity contribution >= 4 is 17.3 Å². The van der Waals surface area contributed by atoms with E-state index in [0.29, 0.717) is 13.1 Å². The molecule has 3 rings (SSSR count). The second-order valence-electron chi connectivity index (χ2n) is 5.88. The molecule has 0 unspecified atom stereocenters. The summed E-state index contributed by atoms with van der Waals surface area (Å²) in [5.41, 5.74) is 2.39. The normalized spacial score (nSPS) is 11.5. The minimum Gasteiger partial charge on any atom is -0.356 e. The fourth-order valence-corrected chi connectivity index (χ4v) is 3.34. The van der Waals surface area contributed by atoms with Crippen LogP contribution in [-0.2, 0) is 19.5 Å². The Kier molecular flexibility index (Phi) is 6.32. The first kappa shape index (κ1) is 18.1. The van der Waals surface area contributed by atoms with Gasteiger partial charge in [0.1, 0.15) is 12.7 Å². The third kappa shape index (κ3) is 5.38. The van der Waals surface area contributed by atoms with E-state index in [2.05, 4.69) is 61.9 Å². The zero-order valence-corrected chi connectivity index (χ0v) is 15.8. The SMILES string of the molecule is CN=C(NCCc1ncc(C)s1)NCc1cccc(Cn2cncn2)c1. The maximum atomic E-state index is 4.38. The van der Waals surface area contributed by atoms with Gasteiger partial charge in [0.25, 0.3) is 0 Å². The average molecular weight is 369 g/mol. The maximum absolute atomic E-state index is 4.38. The van der Waals surface area contributed by atoms with E-state index in [1.54, 1.807) is 31.0 Å². The highest BCUT2D eigenvalue weighted by Crippen LogP contribution is 2.11. The van der Waals surface area contributed by atoms with Crippen molar-refractivity contribution in [1.29, 1.82) is 0 Å². The van der Waals surface area contributed by atoms with Crippen molar-refractivity contribution in [3.63, 3.8) is 0 Å². The number of aryl methyl sites for hydroxylation is 1. The van der Waals surface area contributed by atoms with E-state index >= 15 is 0 Å². The zero-order chi connectivity index (χ0) is 18.2. The first-order valence-electron chi connectivity index (χ1n) is 8.49. The molecule has 0 amide bonds. The summed E-state index contributed by atoms with van der Waals surface area (Å²) in [6.45, 7) is 4.31. The van der Waals surface area contributed by atoms with Crippen LogP contribution in [0.25, 0.3) is 0 Å². The van der Waals surface area contributed by atoms with E-state index in [9.17, 15) is 0 Å². The Morgan fingerprint density at radius 1 is 1.27 bits per heavy atom. The molecule has 0 atom stereocenters. The molecule has 7 nitrogen and oxygen atoms in total. The lowest BCUT2D eigenvalue weighted by Gasteiger charge is -2.12. The third-order valence-corrected chi connectivity index (χ3v) is 4.76. The Labute approximate surface area is 157 Å². The molecule has 0 radical (unpaired) electrons. The van der Waals surface area contributed by atoms with E-state index in [-0.39, 0.29) is 0 Å². The zero-order valence-electron chi connectivity index (χ0n) is 15.0. The Bertz CT molecular complexity index is 839. The summed E-state index contributed by atoms with van der Waals surface area (Å²) in [7, 11) is 1.78. The lowest BCUT2D eigenvalue weighted by Crippen LogP contribution is -2.37. The van der Waals surface area contributed by atoms with Crippen molar-refractivity contribution in [3.8, 4) is 0 Å². The van der Waals surface area contributed by atoms with Gasteiger partial charge in [0.2, 0.25) is 0 Å². The molecule has 0 saturated heterocycles. The number of thiazole rings is 1. The van der Waals surface area contributed by atoms with Crippen molar-refractivity contribution in [2.45, 2.75) is 26.4 Å². The summed E-state index contributed by atoms with van der Waals surface area (Å²) in [5.74, 6) is 0.792. The molecule has 136 valence electrons. The van der Waals surface area contributed by atoms with Crippen LogP contribution >= 0.6 is 11.3 Å². The molecule has 0 aliphatic rings. The molecular weight excluding hydrogens is 346 g/mol. The molecule has 0 saturated carbocycles. The summed E-state index contributed by atoms with van der Waals surface area (Å²) in [6, 6.07) is 8.42. The van der Waals surface area contributed by atoms with Crippen LogP contribution in [0.1, 0.15) is 21.0 Å². The highest BCUT2D eigenvalue weighted by molar-refractivity contribution is 7.11. The number of guanidine groups is 1. The van der Waals surface area contributed by atoms with E-state index in [4.69, 9.17) is 0 Å². The number of aliphatic imine (C=N–C) groups is 1. The fourth-order valence-electron chi connectivity index (χ4n) is 2.55. The Balaban J connectivity index is 1.47. The largest absolute Gasteiger partial charge is 0.356 e. The van der Waals surface area contributed by atoms with Gasteiger partial charge in [-0.25, -0.2) is 14.6 Å². The first-order chi connectivity index (χ1) is 12.7. The molecule has 8 heteroatoms. The highest BCUT2D eigenvalue weighted by Gasteiger charge is 2.02. The van der Waals surface area contributed by atoms with Crippen molar-refractivity contribution < 1.29 is 0 Å². The van der Waals surface area contributed by atoms with Gasteiger partial charge in [0.05, 0.1) is 11.6 Å². The summed E-state index contributed by atoms with van der Waals surface area (Å²) >= 11 is 1.74. The minimum absolute atomic E-state index is 0.710. The second kappa shape index (κ2) is 9.10. The lowest BCUT2D eigenvalue weighted by atomic mass is 10.1. The van der Waals surface area contributed by atoms with Crippen LogP contribution in [0.3, 0.4) is 0 Å². The van der Waals surface area contributed by atoms with Gasteiger partial charge in [-0.3, -0.25) is 4.99 Å². The summed E-state index contributed by atoms with van der Waals surface area (Å²) < 4.78 is 1.81. The average Bonchev–Trinajstić information content (AvgIpc) is 3.30. The topological polar surface area (TPSA) is 80.0 Å². The molecule has 0 fully saturated rings. The number of benzene rings is 1. The monoisotopic (exact) mass is 369 g/mol. The van der Waals surface area contributed by atoms with Crippen LogP contribution in [0.15, 0.2) is 48.1 Å². The number of nitrogens with zero attached hydrogens (tertiary/aromatic N) is 5. The van der Waals surface area contributed by atoms with Gasteiger partial charge < -0.3 is 10.6 Å². The summed E-state index contributed by atoms with van der Waals surface area (Å²) in [5, 5.41) is 12.0. The van der Waals surface area contributed by atoms with E-state index in [1.165, 1.54) is 16.0 Å². The van der Waals surface area contributed by atoms with Gasteiger partial charge in [-0.05, 0) is 18.1 Å². The molecular formula is C18H23N7S. The van der Waals surface area contributed by atoms with E-state index in [1.807, 2.05) is 10.9 Å². The van der Waals surface area contributed by atoms with Crippen LogP contribution < -0.4 is 10.6 Å². The number of hydrogen-bond acceptors (Lipinski definition) is 5. The Hall–Kier alpha value is -2.74. The standard InChI is InChI=1S/C18H23N7S/c1-14-9-22-17(26-14)6-7-21-18(19-2)23-10-15-4-3-5-16(8-15)11-25-13-20-12-24-25/h3-5,8-9,12-13H,6-7,10-11H2,1-2H3,(H2,19,21,23). The number of hydrogen-bond donors (Lipinski definition) is 2. The van der Waals surface area contributed by atoms with Crippen LogP contribution in [-0.4, -0.2) is 39.3 Å². The number of aromatic nitrogens is 4. The van der Waals surface area contributed by atoms with Crippen molar-refractivity contribution in [2.75, 3.05) is 13.6 Å². The number of nitrogens with one attached hydrogen (secondary N) is 2.